The third-order valence-electron chi connectivity index (χ3n) is 11.8. The van der Waals surface area contributed by atoms with Crippen molar-refractivity contribution in [3.63, 3.8) is 0 Å². The summed E-state index contributed by atoms with van der Waals surface area (Å²) < 4.78 is 0. The van der Waals surface area contributed by atoms with Gasteiger partial charge in [-0.3, -0.25) is 0 Å². The van der Waals surface area contributed by atoms with E-state index in [9.17, 15) is 0 Å². The number of aromatic nitrogens is 2. The summed E-state index contributed by atoms with van der Waals surface area (Å²) >= 11 is 0. The van der Waals surface area contributed by atoms with Crippen LogP contribution >= 0.6 is 0 Å². The van der Waals surface area contributed by atoms with Crippen molar-refractivity contribution >= 4 is 34.1 Å². The van der Waals surface area contributed by atoms with E-state index in [1.165, 1.54) is 45.0 Å². The Kier molecular flexibility index (Phi) is 7.79. The minimum atomic E-state index is -0.252. The van der Waals surface area contributed by atoms with Crippen LogP contribution in [0.4, 0.5) is 34.1 Å². The molecular weight excluding hydrogens is 681 g/mol. The van der Waals surface area contributed by atoms with Gasteiger partial charge in [-0.15, -0.1) is 0 Å². The Morgan fingerprint density at radius 2 is 0.732 bits per heavy atom. The minimum absolute atomic E-state index is 0.240. The number of anilines is 6. The molecule has 8 aromatic rings. The van der Waals surface area contributed by atoms with Crippen LogP contribution in [0.15, 0.2) is 182 Å². The van der Waals surface area contributed by atoms with Gasteiger partial charge < -0.3 is 9.80 Å². The van der Waals surface area contributed by atoms with Crippen molar-refractivity contribution in [2.45, 2.75) is 38.5 Å². The Balaban J connectivity index is 1.15. The van der Waals surface area contributed by atoms with E-state index in [-0.39, 0.29) is 10.8 Å². The van der Waals surface area contributed by atoms with Crippen molar-refractivity contribution in [2.75, 3.05) is 9.80 Å². The molecule has 0 radical (unpaired) electrons. The van der Waals surface area contributed by atoms with Crippen LogP contribution in [0.3, 0.4) is 0 Å². The molecule has 0 unspecified atom stereocenters. The van der Waals surface area contributed by atoms with E-state index < -0.39 is 0 Å². The molecule has 0 aliphatic carbocycles. The standard InChI is InChI=1S/C52H42N4/c1-51(2)40-24-14-16-26-46(40)55(38-20-10-6-11-21-38)48-30-28-36(32-42(48)51)45-34-44(35-18-8-5-9-19-35)53-50(54-45)37-29-31-49-43(33-37)52(3,4)41-25-15-17-27-47(41)56(49)39-22-12-7-13-23-39/h5-34H,1-4H3. The van der Waals surface area contributed by atoms with Crippen LogP contribution in [0.25, 0.3) is 33.9 Å². The molecule has 56 heavy (non-hydrogen) atoms. The van der Waals surface area contributed by atoms with Gasteiger partial charge >= 0.3 is 0 Å². The second kappa shape index (κ2) is 12.9. The summed E-state index contributed by atoms with van der Waals surface area (Å²) in [5.74, 6) is 0.707. The van der Waals surface area contributed by atoms with Gasteiger partial charge in [0.05, 0.1) is 34.1 Å². The second-order valence-corrected chi connectivity index (χ2v) is 15.9. The first-order valence-corrected chi connectivity index (χ1v) is 19.4. The zero-order valence-electron chi connectivity index (χ0n) is 32.1. The van der Waals surface area contributed by atoms with Crippen molar-refractivity contribution in [3.05, 3.63) is 204 Å². The van der Waals surface area contributed by atoms with E-state index in [0.29, 0.717) is 5.82 Å². The number of hydrogen-bond acceptors (Lipinski definition) is 4. The van der Waals surface area contributed by atoms with Gasteiger partial charge in [0, 0.05) is 38.9 Å². The molecule has 270 valence electrons. The van der Waals surface area contributed by atoms with Crippen LogP contribution in [0.5, 0.6) is 0 Å². The third kappa shape index (κ3) is 5.36. The van der Waals surface area contributed by atoms with Crippen molar-refractivity contribution in [1.82, 2.24) is 9.97 Å². The van der Waals surface area contributed by atoms with Crippen LogP contribution in [0.1, 0.15) is 49.9 Å². The van der Waals surface area contributed by atoms with E-state index in [4.69, 9.17) is 9.97 Å². The first-order valence-electron chi connectivity index (χ1n) is 19.4. The van der Waals surface area contributed by atoms with Gasteiger partial charge in [-0.1, -0.05) is 137 Å². The lowest BCUT2D eigenvalue weighted by Crippen LogP contribution is -2.30. The number of benzene rings is 7. The van der Waals surface area contributed by atoms with E-state index >= 15 is 0 Å². The Morgan fingerprint density at radius 3 is 1.25 bits per heavy atom. The fourth-order valence-electron chi connectivity index (χ4n) is 8.90. The highest BCUT2D eigenvalue weighted by Gasteiger charge is 2.38. The molecular formula is C52H42N4. The molecule has 2 aliphatic heterocycles. The lowest BCUT2D eigenvalue weighted by atomic mass is 9.73. The lowest BCUT2D eigenvalue weighted by Gasteiger charge is -2.42. The predicted molar refractivity (Wildman–Crippen MR) is 232 cm³/mol. The maximum absolute atomic E-state index is 5.40. The molecule has 0 saturated carbocycles. The number of hydrogen-bond donors (Lipinski definition) is 0. The fraction of sp³-hybridized carbons (Fsp3) is 0.115. The van der Waals surface area contributed by atoms with Crippen LogP contribution < -0.4 is 9.80 Å². The predicted octanol–water partition coefficient (Wildman–Crippen LogP) is 13.7. The molecule has 7 aromatic carbocycles. The monoisotopic (exact) mass is 722 g/mol. The highest BCUT2D eigenvalue weighted by molar-refractivity contribution is 5.89. The zero-order chi connectivity index (χ0) is 38.0. The molecule has 10 rings (SSSR count). The summed E-state index contributed by atoms with van der Waals surface area (Å²) in [5, 5.41) is 0. The summed E-state index contributed by atoms with van der Waals surface area (Å²) in [4.78, 5) is 15.5. The average Bonchev–Trinajstić information content (AvgIpc) is 3.25. The SMILES string of the molecule is CC1(C)c2ccccc2N(c2ccccc2)c2ccc(-c3cc(-c4ccccc4)nc(-c4ccc5c(c4)C(C)(C)c4ccccc4N5c4ccccc4)n3)cc21. The Bertz CT molecular complexity index is 2580. The molecule has 1 aromatic heterocycles. The van der Waals surface area contributed by atoms with Crippen LogP contribution in [0, 0.1) is 0 Å². The average molecular weight is 723 g/mol. The quantitative estimate of drug-likeness (QED) is 0.177. The largest absolute Gasteiger partial charge is 0.310 e. The zero-order valence-corrected chi connectivity index (χ0v) is 32.1. The first kappa shape index (κ1) is 33.8. The van der Waals surface area contributed by atoms with Gasteiger partial charge in [0.2, 0.25) is 0 Å². The molecule has 2 aliphatic rings. The summed E-state index contributed by atoms with van der Waals surface area (Å²) in [6, 6.07) is 65.1. The number of fused-ring (bicyclic) bond motifs is 4. The molecule has 0 atom stereocenters. The van der Waals surface area contributed by atoms with Crippen molar-refractivity contribution in [3.8, 4) is 33.9 Å². The maximum atomic E-state index is 5.40. The summed E-state index contributed by atoms with van der Waals surface area (Å²) in [6.07, 6.45) is 0. The van der Waals surface area contributed by atoms with Gasteiger partial charge in [0.25, 0.3) is 0 Å². The Hall–Kier alpha value is -6.78. The summed E-state index contributed by atoms with van der Waals surface area (Å²) in [5.41, 5.74) is 16.5. The molecule has 0 amide bonds. The number of rotatable bonds is 5. The fourth-order valence-corrected chi connectivity index (χ4v) is 8.90. The van der Waals surface area contributed by atoms with Crippen LogP contribution in [-0.4, -0.2) is 9.97 Å². The van der Waals surface area contributed by atoms with Crippen molar-refractivity contribution in [2.24, 2.45) is 0 Å². The van der Waals surface area contributed by atoms with Crippen molar-refractivity contribution in [1.29, 1.82) is 0 Å². The maximum Gasteiger partial charge on any atom is 0.160 e. The molecule has 0 bridgehead atoms. The van der Waals surface area contributed by atoms with E-state index in [1.54, 1.807) is 0 Å². The molecule has 0 fully saturated rings. The van der Waals surface area contributed by atoms with E-state index in [1.807, 2.05) is 0 Å². The number of nitrogens with zero attached hydrogens (tertiary/aromatic N) is 4. The molecule has 4 heteroatoms. The molecule has 0 N–H and O–H groups in total. The summed E-state index contributed by atoms with van der Waals surface area (Å²) in [7, 11) is 0. The highest BCUT2D eigenvalue weighted by Crippen LogP contribution is 2.54. The lowest BCUT2D eigenvalue weighted by molar-refractivity contribution is 0.632. The molecule has 0 spiro atoms. The van der Waals surface area contributed by atoms with E-state index in [2.05, 4.69) is 219 Å². The molecule has 3 heterocycles. The third-order valence-corrected chi connectivity index (χ3v) is 11.8. The minimum Gasteiger partial charge on any atom is -0.310 e. The van der Waals surface area contributed by atoms with Gasteiger partial charge in [-0.2, -0.15) is 0 Å². The van der Waals surface area contributed by atoms with Crippen LogP contribution in [-0.2, 0) is 10.8 Å². The smallest absolute Gasteiger partial charge is 0.160 e. The highest BCUT2D eigenvalue weighted by atomic mass is 15.2. The van der Waals surface area contributed by atoms with E-state index in [0.717, 1.165) is 39.5 Å². The van der Waals surface area contributed by atoms with Crippen LogP contribution in [0.2, 0.25) is 0 Å². The van der Waals surface area contributed by atoms with Gasteiger partial charge in [0.1, 0.15) is 0 Å². The topological polar surface area (TPSA) is 32.3 Å². The summed E-state index contributed by atoms with van der Waals surface area (Å²) in [6.45, 7) is 9.33. The first-order chi connectivity index (χ1) is 27.3. The number of para-hydroxylation sites is 4. The molecule has 4 nitrogen and oxygen atoms in total. The van der Waals surface area contributed by atoms with Gasteiger partial charge in [-0.05, 0) is 95.1 Å². The second-order valence-electron chi connectivity index (χ2n) is 15.9. The molecule has 0 saturated heterocycles. The Morgan fingerprint density at radius 1 is 0.339 bits per heavy atom. The van der Waals surface area contributed by atoms with Gasteiger partial charge in [-0.25, -0.2) is 9.97 Å². The Labute approximate surface area is 329 Å². The normalized spacial score (nSPS) is 14.6. The van der Waals surface area contributed by atoms with Crippen molar-refractivity contribution < 1.29 is 0 Å². The van der Waals surface area contributed by atoms with Gasteiger partial charge in [0.15, 0.2) is 5.82 Å².